The molecule has 0 saturated carbocycles. The van der Waals surface area contributed by atoms with E-state index in [-0.39, 0.29) is 4.90 Å². The minimum atomic E-state index is -3.73. The predicted octanol–water partition coefficient (Wildman–Crippen LogP) is 2.76. The lowest BCUT2D eigenvalue weighted by atomic mass is 10.2. The Morgan fingerprint density at radius 1 is 0.941 bits per heavy atom. The normalized spacial score (nSPS) is 11.1. The van der Waals surface area contributed by atoms with Crippen molar-refractivity contribution in [3.05, 3.63) is 60.2 Å². The Labute approximate surface area is 101 Å². The predicted molar refractivity (Wildman–Crippen MR) is 65.4 cm³/mol. The van der Waals surface area contributed by atoms with Crippen molar-refractivity contribution in [2.45, 2.75) is 11.8 Å². The Balaban J connectivity index is 2.30. The van der Waals surface area contributed by atoms with Gasteiger partial charge in [0.1, 0.15) is 10.6 Å². The number of aryl methyl sites for hydroxylation is 1. The molecule has 0 N–H and O–H groups in total. The molecule has 0 radical (unpaired) electrons. The van der Waals surface area contributed by atoms with E-state index in [0.29, 0.717) is 5.75 Å². The first-order chi connectivity index (χ1) is 8.08. The molecule has 0 heterocycles. The molecule has 88 valence electrons. The van der Waals surface area contributed by atoms with Crippen molar-refractivity contribution >= 4 is 10.1 Å². The molecule has 0 bridgehead atoms. The van der Waals surface area contributed by atoms with Crippen LogP contribution in [-0.4, -0.2) is 8.42 Å². The highest BCUT2D eigenvalue weighted by Gasteiger charge is 2.15. The van der Waals surface area contributed by atoms with Crippen molar-refractivity contribution in [2.24, 2.45) is 0 Å². The van der Waals surface area contributed by atoms with Crippen molar-refractivity contribution in [3.63, 3.8) is 0 Å². The smallest absolute Gasteiger partial charge is 0.339 e. The summed E-state index contributed by atoms with van der Waals surface area (Å²) in [5.41, 5.74) is 0.950. The standard InChI is InChI=1S/C13H12O3S/c1-11-6-5-7-12(10-11)16-17(14,15)13-8-3-2-4-9-13/h2-10H,1H3. The van der Waals surface area contributed by atoms with Crippen molar-refractivity contribution in [2.75, 3.05) is 0 Å². The Morgan fingerprint density at radius 2 is 1.65 bits per heavy atom. The SMILES string of the molecule is Cc1cccc(OS(=O)(=O)c2ccccc2)c1. The second-order valence-corrected chi connectivity index (χ2v) is 5.21. The molecule has 0 spiro atoms. The van der Waals surface area contributed by atoms with Gasteiger partial charge in [0.25, 0.3) is 0 Å². The largest absolute Gasteiger partial charge is 0.379 e. The first kappa shape index (κ1) is 11.7. The summed E-state index contributed by atoms with van der Waals surface area (Å²) in [6.07, 6.45) is 0. The highest BCUT2D eigenvalue weighted by atomic mass is 32.2. The maximum atomic E-state index is 11.9. The van der Waals surface area contributed by atoms with Gasteiger partial charge in [0, 0.05) is 0 Å². The third kappa shape index (κ3) is 2.85. The van der Waals surface area contributed by atoms with Crippen LogP contribution in [0.25, 0.3) is 0 Å². The second-order valence-electron chi connectivity index (χ2n) is 3.67. The first-order valence-electron chi connectivity index (χ1n) is 5.14. The maximum Gasteiger partial charge on any atom is 0.339 e. The zero-order valence-electron chi connectivity index (χ0n) is 9.33. The van der Waals surface area contributed by atoms with Crippen LogP contribution in [0.3, 0.4) is 0 Å². The zero-order valence-corrected chi connectivity index (χ0v) is 10.1. The number of hydrogen-bond acceptors (Lipinski definition) is 3. The number of hydrogen-bond donors (Lipinski definition) is 0. The zero-order chi connectivity index (χ0) is 12.3. The summed E-state index contributed by atoms with van der Waals surface area (Å²) < 4.78 is 28.8. The molecule has 0 aliphatic heterocycles. The van der Waals surface area contributed by atoms with Gasteiger partial charge in [0.05, 0.1) is 0 Å². The van der Waals surface area contributed by atoms with Crippen LogP contribution in [0, 0.1) is 6.92 Å². The molecule has 0 aliphatic rings. The summed E-state index contributed by atoms with van der Waals surface area (Å²) in [6, 6.07) is 15.0. The van der Waals surface area contributed by atoms with Gasteiger partial charge in [-0.1, -0.05) is 30.3 Å². The Kier molecular flexibility index (Phi) is 3.15. The molecule has 3 nitrogen and oxygen atoms in total. The first-order valence-corrected chi connectivity index (χ1v) is 6.55. The van der Waals surface area contributed by atoms with E-state index in [0.717, 1.165) is 5.56 Å². The van der Waals surface area contributed by atoms with Crippen LogP contribution in [0.1, 0.15) is 5.56 Å². The van der Waals surface area contributed by atoms with Gasteiger partial charge in [-0.15, -0.1) is 0 Å². The molecule has 0 amide bonds. The van der Waals surface area contributed by atoms with E-state index in [1.54, 1.807) is 36.4 Å². The van der Waals surface area contributed by atoms with Gasteiger partial charge in [-0.25, -0.2) is 0 Å². The molecule has 17 heavy (non-hydrogen) atoms. The monoisotopic (exact) mass is 248 g/mol. The molecule has 2 rings (SSSR count). The van der Waals surface area contributed by atoms with E-state index in [1.165, 1.54) is 12.1 Å². The van der Waals surface area contributed by atoms with E-state index < -0.39 is 10.1 Å². The molecule has 0 aromatic heterocycles. The average molecular weight is 248 g/mol. The van der Waals surface area contributed by atoms with Crippen LogP contribution >= 0.6 is 0 Å². The van der Waals surface area contributed by atoms with Crippen LogP contribution in [0.5, 0.6) is 5.75 Å². The second kappa shape index (κ2) is 4.59. The van der Waals surface area contributed by atoms with E-state index >= 15 is 0 Å². The maximum absolute atomic E-state index is 11.9. The highest BCUT2D eigenvalue weighted by molar-refractivity contribution is 7.87. The quantitative estimate of drug-likeness (QED) is 0.784. The Bertz CT molecular complexity index is 604. The molecule has 2 aromatic carbocycles. The van der Waals surface area contributed by atoms with Gasteiger partial charge in [0.15, 0.2) is 0 Å². The fraction of sp³-hybridized carbons (Fsp3) is 0.0769. The summed E-state index contributed by atoms with van der Waals surface area (Å²) in [6.45, 7) is 1.88. The highest BCUT2D eigenvalue weighted by Crippen LogP contribution is 2.19. The van der Waals surface area contributed by atoms with Crippen LogP contribution in [0.2, 0.25) is 0 Å². The summed E-state index contributed by atoms with van der Waals surface area (Å²) >= 11 is 0. The summed E-state index contributed by atoms with van der Waals surface area (Å²) in [5.74, 6) is 0.328. The van der Waals surface area contributed by atoms with E-state index in [1.807, 2.05) is 13.0 Å². The topological polar surface area (TPSA) is 43.4 Å². The molecule has 0 fully saturated rings. The van der Waals surface area contributed by atoms with Crippen LogP contribution < -0.4 is 4.18 Å². The van der Waals surface area contributed by atoms with E-state index in [4.69, 9.17) is 4.18 Å². The number of rotatable bonds is 3. The molecule has 2 aromatic rings. The minimum absolute atomic E-state index is 0.154. The van der Waals surface area contributed by atoms with Crippen molar-refractivity contribution < 1.29 is 12.6 Å². The average Bonchev–Trinajstić information content (AvgIpc) is 2.29. The van der Waals surface area contributed by atoms with Gasteiger partial charge >= 0.3 is 10.1 Å². The third-order valence-electron chi connectivity index (χ3n) is 2.23. The Hall–Kier alpha value is -1.81. The van der Waals surface area contributed by atoms with Gasteiger partial charge in [-0.3, -0.25) is 0 Å². The molecule has 4 heteroatoms. The minimum Gasteiger partial charge on any atom is -0.379 e. The van der Waals surface area contributed by atoms with E-state index in [9.17, 15) is 8.42 Å². The summed E-state index contributed by atoms with van der Waals surface area (Å²) in [7, 11) is -3.73. The Morgan fingerprint density at radius 3 is 2.29 bits per heavy atom. The van der Waals surface area contributed by atoms with Crippen molar-refractivity contribution in [1.82, 2.24) is 0 Å². The number of benzene rings is 2. The van der Waals surface area contributed by atoms with Gasteiger partial charge in [-0.2, -0.15) is 8.42 Å². The fourth-order valence-electron chi connectivity index (χ4n) is 1.43. The van der Waals surface area contributed by atoms with E-state index in [2.05, 4.69) is 0 Å². The van der Waals surface area contributed by atoms with Crippen LogP contribution in [0.15, 0.2) is 59.5 Å². The summed E-state index contributed by atoms with van der Waals surface area (Å²) in [4.78, 5) is 0.154. The van der Waals surface area contributed by atoms with Gasteiger partial charge in [0.2, 0.25) is 0 Å². The molecular weight excluding hydrogens is 236 g/mol. The molecular formula is C13H12O3S. The van der Waals surface area contributed by atoms with Crippen molar-refractivity contribution in [1.29, 1.82) is 0 Å². The molecule has 0 aliphatic carbocycles. The lowest BCUT2D eigenvalue weighted by Crippen LogP contribution is -2.09. The lowest BCUT2D eigenvalue weighted by molar-refractivity contribution is 0.486. The molecule has 0 unspecified atom stereocenters. The summed E-state index contributed by atoms with van der Waals surface area (Å²) in [5, 5.41) is 0. The van der Waals surface area contributed by atoms with Crippen LogP contribution in [0.4, 0.5) is 0 Å². The third-order valence-corrected chi connectivity index (χ3v) is 3.49. The van der Waals surface area contributed by atoms with Gasteiger partial charge < -0.3 is 4.18 Å². The van der Waals surface area contributed by atoms with Crippen LogP contribution in [-0.2, 0) is 10.1 Å². The molecule has 0 atom stereocenters. The lowest BCUT2D eigenvalue weighted by Gasteiger charge is -2.07. The molecule has 0 saturated heterocycles. The van der Waals surface area contributed by atoms with Gasteiger partial charge in [-0.05, 0) is 36.8 Å². The van der Waals surface area contributed by atoms with Crippen molar-refractivity contribution in [3.8, 4) is 5.75 Å². The fourth-order valence-corrected chi connectivity index (χ4v) is 2.37.